The molecule has 4 rings (SSSR count). The number of carbonyl (C=O) groups excluding carboxylic acids is 1. The highest BCUT2D eigenvalue weighted by molar-refractivity contribution is 7.99. The molecule has 0 aliphatic carbocycles. The van der Waals surface area contributed by atoms with Crippen molar-refractivity contribution in [1.82, 2.24) is 0 Å². The minimum Gasteiger partial charge on any atom is -0.371 e. The summed E-state index contributed by atoms with van der Waals surface area (Å²) in [5.41, 5.74) is 1.41. The number of nitrogens with one attached hydrogen (secondary N) is 1. The Kier molecular flexibility index (Phi) is 6.44. The highest BCUT2D eigenvalue weighted by atomic mass is 35.5. The van der Waals surface area contributed by atoms with E-state index in [-0.39, 0.29) is 22.0 Å². The molecule has 2 aromatic rings. The van der Waals surface area contributed by atoms with Gasteiger partial charge in [-0.15, -0.1) is 0 Å². The van der Waals surface area contributed by atoms with E-state index in [1.54, 1.807) is 6.07 Å². The number of amides is 1. The molecular weight excluding hydrogens is 464 g/mol. The van der Waals surface area contributed by atoms with E-state index in [2.05, 4.69) is 10.2 Å². The molecule has 2 N–H and O–H groups in total. The molecule has 1 amide bonds. The third kappa shape index (κ3) is 4.82. The first-order valence-corrected chi connectivity index (χ1v) is 12.5. The first-order valence-electron chi connectivity index (χ1n) is 10.1. The van der Waals surface area contributed by atoms with Gasteiger partial charge in [0.05, 0.1) is 22.8 Å². The molecule has 0 bridgehead atoms. The predicted molar refractivity (Wildman–Crippen MR) is 124 cm³/mol. The van der Waals surface area contributed by atoms with Crippen LogP contribution >= 0.6 is 23.2 Å². The van der Waals surface area contributed by atoms with Crippen LogP contribution in [-0.2, 0) is 14.6 Å². The molecule has 2 aromatic carbocycles. The number of carbonyl (C=O) groups is 1. The highest BCUT2D eigenvalue weighted by Gasteiger charge is 2.41. The van der Waals surface area contributed by atoms with Crippen molar-refractivity contribution in [3.8, 4) is 0 Å². The van der Waals surface area contributed by atoms with E-state index in [9.17, 15) is 17.9 Å². The molecule has 2 fully saturated rings. The predicted octanol–water partition coefficient (Wildman–Crippen LogP) is 5.47. The van der Waals surface area contributed by atoms with Gasteiger partial charge in [-0.3, -0.25) is 4.79 Å². The zero-order valence-electron chi connectivity index (χ0n) is 16.7. The number of anilines is 3. The first kappa shape index (κ1) is 22.3. The molecule has 0 saturated carbocycles. The smallest absolute Gasteiger partial charge is 0.313 e. The lowest BCUT2D eigenvalue weighted by Crippen LogP contribution is -2.31. The monoisotopic (exact) mass is 486 g/mol. The molecule has 0 radical (unpaired) electrons. The lowest BCUT2D eigenvalue weighted by Gasteiger charge is -2.29. The van der Waals surface area contributed by atoms with Crippen LogP contribution in [0.1, 0.15) is 36.0 Å². The maximum absolute atomic E-state index is 14.5. The Morgan fingerprint density at radius 1 is 1.00 bits per heavy atom. The molecule has 2 aliphatic rings. The van der Waals surface area contributed by atoms with E-state index in [0.29, 0.717) is 23.7 Å². The number of halogens is 3. The summed E-state index contributed by atoms with van der Waals surface area (Å²) in [6, 6.07) is 7.71. The van der Waals surface area contributed by atoms with Crippen LogP contribution in [-0.4, -0.2) is 35.8 Å². The topological polar surface area (TPSA) is 72.9 Å². The average molecular weight is 487 g/mol. The zero-order valence-corrected chi connectivity index (χ0v) is 19.1. The quantitative estimate of drug-likeness (QED) is 0.561. The van der Waals surface area contributed by atoms with E-state index in [0.717, 1.165) is 37.7 Å². The van der Waals surface area contributed by atoms with Crippen molar-refractivity contribution in [2.75, 3.05) is 39.9 Å². The fraction of sp³-hybridized carbons (Fsp3) is 0.381. The second kappa shape index (κ2) is 8.94. The van der Waals surface area contributed by atoms with Crippen LogP contribution in [0.15, 0.2) is 30.3 Å². The van der Waals surface area contributed by atoms with Crippen LogP contribution in [0.2, 0.25) is 10.0 Å². The standard InChI is InChI=1S/C21H22Cl2FN3O3S/c22-14-9-15(11-16(10-14)26-5-2-1-3-6-26)25-21(28)18-12-17(13-19(24)20(18)23)27-7-4-8-31(27,29)30/h9-13H,1-8H2,(H-,25,28,29,30)/p+1. The van der Waals surface area contributed by atoms with Gasteiger partial charge in [0.15, 0.2) is 5.75 Å². The van der Waals surface area contributed by atoms with Crippen LogP contribution in [0.25, 0.3) is 0 Å². The van der Waals surface area contributed by atoms with Crippen molar-refractivity contribution in [1.29, 1.82) is 0 Å². The maximum Gasteiger partial charge on any atom is 0.313 e. The number of nitrogens with zero attached hydrogens (tertiary/aromatic N) is 2. The molecule has 0 aromatic heterocycles. The Bertz CT molecular complexity index is 1060. The van der Waals surface area contributed by atoms with Gasteiger partial charge >= 0.3 is 10.4 Å². The fourth-order valence-corrected chi connectivity index (χ4v) is 6.01. The minimum atomic E-state index is -3.28. The van der Waals surface area contributed by atoms with Gasteiger partial charge in [-0.1, -0.05) is 23.2 Å². The largest absolute Gasteiger partial charge is 0.371 e. The van der Waals surface area contributed by atoms with Gasteiger partial charge in [0.25, 0.3) is 5.91 Å². The number of rotatable bonds is 4. The summed E-state index contributed by atoms with van der Waals surface area (Å²) in [6.45, 7) is 2.14. The van der Waals surface area contributed by atoms with Crippen molar-refractivity contribution in [2.24, 2.45) is 0 Å². The van der Waals surface area contributed by atoms with Crippen molar-refractivity contribution in [2.45, 2.75) is 25.7 Å². The van der Waals surface area contributed by atoms with Gasteiger partial charge in [-0.25, -0.2) is 4.39 Å². The Balaban J connectivity index is 1.61. The van der Waals surface area contributed by atoms with Crippen molar-refractivity contribution in [3.63, 3.8) is 0 Å². The van der Waals surface area contributed by atoms with Crippen LogP contribution in [0.4, 0.5) is 21.5 Å². The molecule has 2 heterocycles. The second-order valence-electron chi connectivity index (χ2n) is 7.76. The number of hydrogen-bond acceptors (Lipinski definition) is 3. The van der Waals surface area contributed by atoms with E-state index in [1.165, 1.54) is 16.8 Å². The Morgan fingerprint density at radius 3 is 2.42 bits per heavy atom. The van der Waals surface area contributed by atoms with Gasteiger partial charge in [-0.05, 0) is 47.7 Å². The summed E-state index contributed by atoms with van der Waals surface area (Å²) in [7, 11) is -3.28. The molecule has 166 valence electrons. The molecule has 31 heavy (non-hydrogen) atoms. The van der Waals surface area contributed by atoms with Crippen LogP contribution in [0, 0.1) is 5.82 Å². The SMILES string of the molecule is O=C(Nc1cc(Cl)cc(N2CCCCC2)c1)c1cc(N2CCC[S+]2(=O)O)cc(F)c1Cl. The molecule has 2 saturated heterocycles. The van der Waals surface area contributed by atoms with E-state index < -0.39 is 22.1 Å². The Hall–Kier alpha value is -1.87. The summed E-state index contributed by atoms with van der Waals surface area (Å²) in [5, 5.41) is 2.86. The Morgan fingerprint density at radius 2 is 1.74 bits per heavy atom. The van der Waals surface area contributed by atoms with Crippen LogP contribution in [0.5, 0.6) is 0 Å². The normalized spacial score (nSPS) is 21.4. The van der Waals surface area contributed by atoms with Gasteiger partial charge in [-0.2, -0.15) is 8.86 Å². The van der Waals surface area contributed by atoms with Crippen molar-refractivity contribution >= 4 is 56.6 Å². The summed E-state index contributed by atoms with van der Waals surface area (Å²) in [5.74, 6) is -1.35. The minimum absolute atomic E-state index is 0.0978. The number of benzene rings is 2. The molecule has 0 spiro atoms. The van der Waals surface area contributed by atoms with Crippen molar-refractivity contribution in [3.05, 3.63) is 51.8 Å². The summed E-state index contributed by atoms with van der Waals surface area (Å²) in [6.07, 6.45) is 3.89. The summed E-state index contributed by atoms with van der Waals surface area (Å²) < 4.78 is 38.1. The molecule has 1 unspecified atom stereocenters. The van der Waals surface area contributed by atoms with E-state index in [1.807, 2.05) is 12.1 Å². The first-order chi connectivity index (χ1) is 14.7. The van der Waals surface area contributed by atoms with Gasteiger partial charge in [0.1, 0.15) is 5.82 Å². The summed E-state index contributed by atoms with van der Waals surface area (Å²) in [4.78, 5) is 15.2. The van der Waals surface area contributed by atoms with E-state index in [4.69, 9.17) is 23.2 Å². The molecule has 10 heteroatoms. The maximum atomic E-state index is 14.5. The average Bonchev–Trinajstić information content (AvgIpc) is 3.09. The molecule has 1 atom stereocenters. The number of hydrogen-bond donors (Lipinski definition) is 2. The third-order valence-corrected chi connectivity index (χ3v) is 8.03. The number of piperidine rings is 1. The van der Waals surface area contributed by atoms with Gasteiger partial charge in [0.2, 0.25) is 0 Å². The highest BCUT2D eigenvalue weighted by Crippen LogP contribution is 2.33. The summed E-state index contributed by atoms with van der Waals surface area (Å²) >= 11 is 12.3. The Labute approximate surface area is 191 Å². The lowest BCUT2D eigenvalue weighted by atomic mass is 10.1. The molecule has 2 aliphatic heterocycles. The second-order valence-corrected chi connectivity index (χ2v) is 10.6. The third-order valence-electron chi connectivity index (χ3n) is 5.52. The lowest BCUT2D eigenvalue weighted by molar-refractivity contribution is 0.102. The fourth-order valence-electron chi connectivity index (χ4n) is 4.01. The molecule has 6 nitrogen and oxygen atoms in total. The van der Waals surface area contributed by atoms with Gasteiger partial charge in [0, 0.05) is 42.0 Å². The zero-order chi connectivity index (χ0) is 22.2. The van der Waals surface area contributed by atoms with Crippen molar-refractivity contribution < 1.29 is 17.9 Å². The van der Waals surface area contributed by atoms with E-state index >= 15 is 0 Å². The van der Waals surface area contributed by atoms with Crippen LogP contribution in [0.3, 0.4) is 0 Å². The molecular formula is C21H23Cl2FN3O3S+. The van der Waals surface area contributed by atoms with Crippen LogP contribution < -0.4 is 14.5 Å². The van der Waals surface area contributed by atoms with Gasteiger partial charge < -0.3 is 10.2 Å².